The molecule has 0 fully saturated rings. The average Bonchev–Trinajstić information content (AvgIpc) is 2.48. The van der Waals surface area contributed by atoms with Crippen molar-refractivity contribution in [2.45, 2.75) is 26.2 Å². The molecule has 1 atom stereocenters. The van der Waals surface area contributed by atoms with Crippen LogP contribution in [0.15, 0.2) is 54.6 Å². The summed E-state index contributed by atoms with van der Waals surface area (Å²) < 4.78 is 21.3. The molecule has 0 aliphatic heterocycles. The van der Waals surface area contributed by atoms with Crippen LogP contribution in [-0.4, -0.2) is 11.5 Å². The summed E-state index contributed by atoms with van der Waals surface area (Å²) in [5, 5.41) is 0. The van der Waals surface area contributed by atoms with Crippen LogP contribution in [0.25, 0.3) is 0 Å². The van der Waals surface area contributed by atoms with Crippen LogP contribution in [0.3, 0.4) is 0 Å². The first-order valence-electron chi connectivity index (χ1n) is 7.18. The Morgan fingerprint density at radius 2 is 1.55 bits per heavy atom. The van der Waals surface area contributed by atoms with Crippen LogP contribution in [0.4, 0.5) is 0 Å². The van der Waals surface area contributed by atoms with E-state index in [9.17, 15) is 9.46 Å². The predicted octanol–water partition coefficient (Wildman–Crippen LogP) is 4.53. The van der Waals surface area contributed by atoms with Crippen molar-refractivity contribution < 1.29 is 18.5 Å². The molecule has 2 aromatic carbocycles. The summed E-state index contributed by atoms with van der Waals surface area (Å²) >= 11 is 0. The van der Waals surface area contributed by atoms with Gasteiger partial charge in [0.15, 0.2) is 0 Å². The Hall–Kier alpha value is -1.61. The average molecular weight is 320 g/mol. The molecule has 0 saturated carbocycles. The minimum Gasteiger partial charge on any atom is -0.404 e. The van der Waals surface area contributed by atoms with E-state index in [0.717, 1.165) is 5.56 Å². The maximum absolute atomic E-state index is 11.6. The summed E-state index contributed by atoms with van der Waals surface area (Å²) in [6.07, 6.45) is 0. The molecule has 0 amide bonds. The van der Waals surface area contributed by atoms with Gasteiger partial charge in [-0.1, -0.05) is 56.3 Å². The third-order valence-corrected chi connectivity index (χ3v) is 4.61. The van der Waals surface area contributed by atoms with E-state index in [1.807, 2.05) is 30.3 Å². The maximum Gasteiger partial charge on any atom is 0.527 e. The normalized spacial score (nSPS) is 14.4. The van der Waals surface area contributed by atoms with Crippen LogP contribution >= 0.6 is 7.82 Å². The van der Waals surface area contributed by atoms with Gasteiger partial charge in [-0.3, -0.25) is 9.42 Å². The summed E-state index contributed by atoms with van der Waals surface area (Å²) in [4.78, 5) is 9.49. The molecule has 2 rings (SSSR count). The first kappa shape index (κ1) is 16.8. The van der Waals surface area contributed by atoms with Crippen LogP contribution in [0.1, 0.15) is 31.9 Å². The van der Waals surface area contributed by atoms with Crippen LogP contribution in [0, 0.1) is 0 Å². The molecular weight excluding hydrogens is 299 g/mol. The molecule has 0 aliphatic carbocycles. The molecule has 0 radical (unpaired) electrons. The van der Waals surface area contributed by atoms with Gasteiger partial charge >= 0.3 is 7.82 Å². The Bertz CT molecular complexity index is 650. The van der Waals surface area contributed by atoms with Crippen molar-refractivity contribution in [3.63, 3.8) is 0 Å². The molecule has 118 valence electrons. The van der Waals surface area contributed by atoms with Gasteiger partial charge in [0, 0.05) is 5.41 Å². The second-order valence-electron chi connectivity index (χ2n) is 5.49. The zero-order chi connectivity index (χ0) is 16.2. The van der Waals surface area contributed by atoms with E-state index >= 15 is 0 Å². The standard InChI is InChI=1S/C17H21O4P/c1-4-20-22(18,19)21-16-12-10-15(11-13-16)17(2,3)14-8-6-5-7-9-14/h5-13H,4H2,1-3H3,(H,18,19). The summed E-state index contributed by atoms with van der Waals surface area (Å²) in [5.41, 5.74) is 2.13. The topological polar surface area (TPSA) is 55.8 Å². The van der Waals surface area contributed by atoms with Crippen LogP contribution in [0.2, 0.25) is 0 Å². The third-order valence-electron chi connectivity index (χ3n) is 3.58. The lowest BCUT2D eigenvalue weighted by atomic mass is 9.78. The van der Waals surface area contributed by atoms with Crippen LogP contribution < -0.4 is 4.52 Å². The number of hydrogen-bond acceptors (Lipinski definition) is 3. The zero-order valence-electron chi connectivity index (χ0n) is 13.0. The van der Waals surface area contributed by atoms with Gasteiger partial charge < -0.3 is 4.52 Å². The molecule has 1 unspecified atom stereocenters. The second-order valence-corrected chi connectivity index (χ2v) is 6.87. The molecule has 0 aromatic heterocycles. The lowest BCUT2D eigenvalue weighted by Gasteiger charge is -2.26. The summed E-state index contributed by atoms with van der Waals surface area (Å²) in [6.45, 7) is 6.02. The number of phosphoric ester groups is 1. The first-order chi connectivity index (χ1) is 10.3. The highest BCUT2D eigenvalue weighted by Gasteiger charge is 2.24. The van der Waals surface area contributed by atoms with Gasteiger partial charge in [-0.05, 0) is 30.2 Å². The van der Waals surface area contributed by atoms with Crippen molar-refractivity contribution in [3.8, 4) is 5.75 Å². The highest BCUT2D eigenvalue weighted by molar-refractivity contribution is 7.47. The third kappa shape index (κ3) is 3.98. The molecular formula is C17H21O4P. The van der Waals surface area contributed by atoms with Crippen molar-refractivity contribution in [1.29, 1.82) is 0 Å². The van der Waals surface area contributed by atoms with Crippen molar-refractivity contribution in [2.75, 3.05) is 6.61 Å². The van der Waals surface area contributed by atoms with Crippen molar-refractivity contribution >= 4 is 7.82 Å². The molecule has 2 aromatic rings. The minimum absolute atomic E-state index is 0.118. The number of hydrogen-bond donors (Lipinski definition) is 1. The van der Waals surface area contributed by atoms with Gasteiger partial charge in [0.25, 0.3) is 0 Å². The molecule has 5 heteroatoms. The van der Waals surface area contributed by atoms with E-state index in [4.69, 9.17) is 4.52 Å². The van der Waals surface area contributed by atoms with Gasteiger partial charge in [0.05, 0.1) is 6.61 Å². The van der Waals surface area contributed by atoms with E-state index in [0.29, 0.717) is 5.75 Å². The van der Waals surface area contributed by atoms with Gasteiger partial charge in [0.2, 0.25) is 0 Å². The van der Waals surface area contributed by atoms with E-state index < -0.39 is 7.82 Å². The first-order valence-corrected chi connectivity index (χ1v) is 8.68. The molecule has 0 aliphatic rings. The van der Waals surface area contributed by atoms with E-state index in [-0.39, 0.29) is 12.0 Å². The molecule has 22 heavy (non-hydrogen) atoms. The molecule has 0 bridgehead atoms. The fraction of sp³-hybridized carbons (Fsp3) is 0.294. The van der Waals surface area contributed by atoms with Crippen molar-refractivity contribution in [2.24, 2.45) is 0 Å². The Kier molecular flexibility index (Phi) is 5.07. The Labute approximate surface area is 131 Å². The fourth-order valence-corrected chi connectivity index (χ4v) is 3.04. The van der Waals surface area contributed by atoms with E-state index in [1.54, 1.807) is 19.1 Å². The quantitative estimate of drug-likeness (QED) is 0.795. The van der Waals surface area contributed by atoms with Crippen molar-refractivity contribution in [3.05, 3.63) is 65.7 Å². The molecule has 0 heterocycles. The lowest BCUT2D eigenvalue weighted by Crippen LogP contribution is -2.18. The summed E-state index contributed by atoms with van der Waals surface area (Å²) in [5.74, 6) is 0.312. The van der Waals surface area contributed by atoms with Gasteiger partial charge in [-0.2, -0.15) is 0 Å². The Balaban J connectivity index is 2.20. The van der Waals surface area contributed by atoms with Crippen LogP contribution in [-0.2, 0) is 14.5 Å². The van der Waals surface area contributed by atoms with Gasteiger partial charge in [-0.15, -0.1) is 0 Å². The highest BCUT2D eigenvalue weighted by Crippen LogP contribution is 2.44. The van der Waals surface area contributed by atoms with Gasteiger partial charge in [0.1, 0.15) is 5.75 Å². The smallest absolute Gasteiger partial charge is 0.404 e. The minimum atomic E-state index is -4.03. The van der Waals surface area contributed by atoms with E-state index in [1.165, 1.54) is 5.56 Å². The van der Waals surface area contributed by atoms with E-state index in [2.05, 4.69) is 30.5 Å². The lowest BCUT2D eigenvalue weighted by molar-refractivity contribution is 0.213. The van der Waals surface area contributed by atoms with Crippen molar-refractivity contribution in [1.82, 2.24) is 0 Å². The Morgan fingerprint density at radius 1 is 1.00 bits per heavy atom. The number of rotatable bonds is 6. The molecule has 4 nitrogen and oxygen atoms in total. The molecule has 1 N–H and O–H groups in total. The SMILES string of the molecule is CCOP(=O)(O)Oc1ccc(C(C)(C)c2ccccc2)cc1. The van der Waals surface area contributed by atoms with Crippen LogP contribution in [0.5, 0.6) is 5.75 Å². The monoisotopic (exact) mass is 320 g/mol. The fourth-order valence-electron chi connectivity index (χ4n) is 2.28. The number of benzene rings is 2. The zero-order valence-corrected chi connectivity index (χ0v) is 13.9. The molecule has 0 saturated heterocycles. The Morgan fingerprint density at radius 3 is 2.09 bits per heavy atom. The number of phosphoric acid groups is 1. The highest BCUT2D eigenvalue weighted by atomic mass is 31.2. The maximum atomic E-state index is 11.6. The largest absolute Gasteiger partial charge is 0.527 e. The molecule has 0 spiro atoms. The summed E-state index contributed by atoms with van der Waals surface area (Å²) in [7, 11) is -4.03. The summed E-state index contributed by atoms with van der Waals surface area (Å²) in [6, 6.07) is 17.3. The second kappa shape index (κ2) is 6.66. The van der Waals surface area contributed by atoms with Gasteiger partial charge in [-0.25, -0.2) is 4.57 Å². The predicted molar refractivity (Wildman–Crippen MR) is 87.1 cm³/mol.